The highest BCUT2D eigenvalue weighted by molar-refractivity contribution is 8.03. The lowest BCUT2D eigenvalue weighted by Crippen LogP contribution is -2.25. The minimum absolute atomic E-state index is 1.07. The van der Waals surface area contributed by atoms with E-state index in [4.69, 9.17) is 4.98 Å². The average Bonchev–Trinajstić information content (AvgIpc) is 3.25. The number of thiazole rings is 1. The molecular weight excluding hydrogens is 370 g/mol. The van der Waals surface area contributed by atoms with E-state index in [0.717, 1.165) is 10.5 Å². The van der Waals surface area contributed by atoms with E-state index in [1.54, 1.807) is 11.3 Å². The predicted octanol–water partition coefficient (Wildman–Crippen LogP) is 5.33. The number of aryl methyl sites for hydroxylation is 1. The summed E-state index contributed by atoms with van der Waals surface area (Å²) in [5.74, 6) is 0. The van der Waals surface area contributed by atoms with Crippen molar-refractivity contribution in [3.05, 3.63) is 77.6 Å². The summed E-state index contributed by atoms with van der Waals surface area (Å²) in [4.78, 5) is 8.34. The number of benzene rings is 2. The van der Waals surface area contributed by atoms with Crippen LogP contribution >= 0.6 is 23.1 Å². The molecular formula is C22H18N3S2+. The monoisotopic (exact) mass is 388 g/mol. The normalized spacial score (nSPS) is 14.9. The summed E-state index contributed by atoms with van der Waals surface area (Å²) in [6, 6.07) is 19.2. The second kappa shape index (κ2) is 6.51. The molecule has 0 saturated carbocycles. The quantitative estimate of drug-likeness (QED) is 0.433. The van der Waals surface area contributed by atoms with Crippen molar-refractivity contribution in [3.63, 3.8) is 0 Å². The average molecular weight is 389 g/mol. The van der Waals surface area contributed by atoms with Gasteiger partial charge in [0.05, 0.1) is 20.9 Å². The van der Waals surface area contributed by atoms with Gasteiger partial charge in [0.25, 0.3) is 0 Å². The zero-order chi connectivity index (χ0) is 18.4. The maximum Gasteiger partial charge on any atom is 0.169 e. The molecule has 0 N–H and O–H groups in total. The molecule has 0 aliphatic carbocycles. The molecule has 4 aromatic rings. The van der Waals surface area contributed by atoms with Gasteiger partial charge in [0.15, 0.2) is 12.4 Å². The summed E-state index contributed by atoms with van der Waals surface area (Å²) in [5.41, 5.74) is 4.71. The van der Waals surface area contributed by atoms with Crippen molar-refractivity contribution < 1.29 is 4.57 Å². The van der Waals surface area contributed by atoms with Crippen molar-refractivity contribution in [2.24, 2.45) is 7.05 Å². The summed E-state index contributed by atoms with van der Waals surface area (Å²) in [6.07, 6.45) is 6.39. The van der Waals surface area contributed by atoms with Crippen LogP contribution in [0.15, 0.2) is 76.9 Å². The molecule has 0 bridgehead atoms. The predicted molar refractivity (Wildman–Crippen MR) is 115 cm³/mol. The molecule has 1 aliphatic heterocycles. The third kappa shape index (κ3) is 3.03. The van der Waals surface area contributed by atoms with E-state index in [1.165, 1.54) is 31.4 Å². The molecule has 3 nitrogen and oxygen atoms in total. The second-order valence-corrected chi connectivity index (χ2v) is 8.70. The molecule has 27 heavy (non-hydrogen) atoms. The number of rotatable bonds is 2. The summed E-state index contributed by atoms with van der Waals surface area (Å²) in [6.45, 7) is 0. The van der Waals surface area contributed by atoms with Crippen molar-refractivity contribution in [3.8, 4) is 10.6 Å². The fourth-order valence-electron chi connectivity index (χ4n) is 3.18. The van der Waals surface area contributed by atoms with Gasteiger partial charge in [0, 0.05) is 29.6 Å². The van der Waals surface area contributed by atoms with Crippen molar-refractivity contribution in [1.29, 1.82) is 0 Å². The highest BCUT2D eigenvalue weighted by Crippen LogP contribution is 2.47. The van der Waals surface area contributed by atoms with E-state index in [-0.39, 0.29) is 0 Å². The van der Waals surface area contributed by atoms with Gasteiger partial charge in [0.2, 0.25) is 0 Å². The number of pyridine rings is 1. The van der Waals surface area contributed by atoms with Gasteiger partial charge in [-0.3, -0.25) is 0 Å². The van der Waals surface area contributed by atoms with E-state index < -0.39 is 0 Å². The number of hydrogen-bond acceptors (Lipinski definition) is 4. The fraction of sp³-hybridized carbons (Fsp3) is 0.0909. The van der Waals surface area contributed by atoms with Crippen LogP contribution in [0, 0.1) is 0 Å². The van der Waals surface area contributed by atoms with Gasteiger partial charge in [-0.2, -0.15) is 0 Å². The Hall–Kier alpha value is -2.63. The maximum atomic E-state index is 4.80. The molecule has 0 saturated heterocycles. The molecule has 1 aliphatic rings. The molecule has 0 unspecified atom stereocenters. The summed E-state index contributed by atoms with van der Waals surface area (Å²) in [5, 5.41) is 2.32. The second-order valence-electron chi connectivity index (χ2n) is 6.61. The highest BCUT2D eigenvalue weighted by Gasteiger charge is 2.23. The largest absolute Gasteiger partial charge is 0.338 e. The fourth-order valence-corrected chi connectivity index (χ4v) is 5.29. The Labute approximate surface area is 166 Å². The van der Waals surface area contributed by atoms with Crippen molar-refractivity contribution in [2.75, 3.05) is 11.9 Å². The van der Waals surface area contributed by atoms with Crippen LogP contribution in [0.4, 0.5) is 5.69 Å². The highest BCUT2D eigenvalue weighted by atomic mass is 32.2. The molecule has 5 heteroatoms. The minimum atomic E-state index is 1.07. The number of fused-ring (bicyclic) bond motifs is 2. The number of para-hydroxylation sites is 1. The first kappa shape index (κ1) is 16.5. The Kier molecular flexibility index (Phi) is 3.99. The topological polar surface area (TPSA) is 20.0 Å². The Morgan fingerprint density at radius 3 is 2.67 bits per heavy atom. The zero-order valence-electron chi connectivity index (χ0n) is 15.1. The van der Waals surface area contributed by atoms with Crippen LogP contribution in [0.1, 0.15) is 5.56 Å². The number of hydrogen-bond donors (Lipinski definition) is 0. The van der Waals surface area contributed by atoms with Crippen LogP contribution < -0.4 is 9.47 Å². The van der Waals surface area contributed by atoms with E-state index >= 15 is 0 Å². The van der Waals surface area contributed by atoms with Gasteiger partial charge in [-0.05, 0) is 42.0 Å². The van der Waals surface area contributed by atoms with Crippen LogP contribution in [0.25, 0.3) is 26.9 Å². The lowest BCUT2D eigenvalue weighted by molar-refractivity contribution is -0.671. The van der Waals surface area contributed by atoms with E-state index in [0.29, 0.717) is 0 Å². The van der Waals surface area contributed by atoms with Crippen molar-refractivity contribution in [2.45, 2.75) is 4.90 Å². The van der Waals surface area contributed by atoms with Gasteiger partial charge >= 0.3 is 0 Å². The Balaban J connectivity index is 1.49. The molecule has 0 atom stereocenters. The van der Waals surface area contributed by atoms with Crippen LogP contribution in [-0.2, 0) is 7.05 Å². The molecule has 0 radical (unpaired) electrons. The third-order valence-electron chi connectivity index (χ3n) is 4.70. The standard InChI is InChI=1S/C22H18N3S2/c1-24-11-9-15(10-12-24)13-21-25(2)18-8-7-16(14-20(18)26-21)22-23-17-5-3-4-6-19(17)27-22/h3-14H,1-2H3/q+1. The molecule has 0 amide bonds. The zero-order valence-corrected chi connectivity index (χ0v) is 16.7. The molecule has 2 aromatic heterocycles. The van der Waals surface area contributed by atoms with Gasteiger partial charge in [-0.15, -0.1) is 11.3 Å². The summed E-state index contributed by atoms with van der Waals surface area (Å²) < 4.78 is 3.28. The Morgan fingerprint density at radius 2 is 1.85 bits per heavy atom. The number of thioether (sulfide) groups is 1. The summed E-state index contributed by atoms with van der Waals surface area (Å²) >= 11 is 3.57. The van der Waals surface area contributed by atoms with Gasteiger partial charge < -0.3 is 4.90 Å². The molecule has 132 valence electrons. The molecule has 2 aromatic carbocycles. The van der Waals surface area contributed by atoms with Crippen molar-refractivity contribution >= 4 is 45.1 Å². The first-order valence-corrected chi connectivity index (χ1v) is 10.4. The SMILES string of the molecule is CN1/C(=C/c2cc[n+](C)cc2)Sc2cc(-c3nc4ccccc4s3)ccc21. The molecule has 3 heterocycles. The first-order valence-electron chi connectivity index (χ1n) is 8.76. The van der Waals surface area contributed by atoms with E-state index in [9.17, 15) is 0 Å². The van der Waals surface area contributed by atoms with Crippen LogP contribution in [0.2, 0.25) is 0 Å². The number of aromatic nitrogens is 2. The first-order chi connectivity index (χ1) is 13.2. The molecule has 5 rings (SSSR count). The smallest absolute Gasteiger partial charge is 0.169 e. The van der Waals surface area contributed by atoms with Gasteiger partial charge in [0.1, 0.15) is 12.1 Å². The number of anilines is 1. The molecule has 0 fully saturated rings. The van der Waals surface area contributed by atoms with Crippen LogP contribution in [0.3, 0.4) is 0 Å². The Morgan fingerprint density at radius 1 is 1.04 bits per heavy atom. The van der Waals surface area contributed by atoms with Crippen molar-refractivity contribution in [1.82, 2.24) is 4.98 Å². The van der Waals surface area contributed by atoms with E-state index in [2.05, 4.69) is 78.9 Å². The maximum absolute atomic E-state index is 4.80. The van der Waals surface area contributed by atoms with E-state index in [1.807, 2.05) is 29.4 Å². The minimum Gasteiger partial charge on any atom is -0.338 e. The molecule has 0 spiro atoms. The third-order valence-corrected chi connectivity index (χ3v) is 6.93. The lowest BCUT2D eigenvalue weighted by Gasteiger charge is -2.13. The van der Waals surface area contributed by atoms with Gasteiger partial charge in [-0.25, -0.2) is 9.55 Å². The van der Waals surface area contributed by atoms with Crippen LogP contribution in [-0.4, -0.2) is 12.0 Å². The summed E-state index contributed by atoms with van der Waals surface area (Å²) in [7, 11) is 4.16. The van der Waals surface area contributed by atoms with Gasteiger partial charge in [-0.1, -0.05) is 23.9 Å². The van der Waals surface area contributed by atoms with Crippen LogP contribution in [0.5, 0.6) is 0 Å². The number of nitrogens with zero attached hydrogens (tertiary/aromatic N) is 3. The Bertz CT molecular complexity index is 1140. The lowest BCUT2D eigenvalue weighted by atomic mass is 10.2.